The Labute approximate surface area is 134 Å². The van der Waals surface area contributed by atoms with Gasteiger partial charge in [0, 0.05) is 39.6 Å². The van der Waals surface area contributed by atoms with Gasteiger partial charge in [-0.15, -0.1) is 0 Å². The zero-order valence-electron chi connectivity index (χ0n) is 13.2. The van der Waals surface area contributed by atoms with Crippen molar-refractivity contribution in [3.05, 3.63) is 48.5 Å². The maximum atomic E-state index is 11.8. The highest BCUT2D eigenvalue weighted by molar-refractivity contribution is 7.81. The molecule has 118 valence electrons. The van der Waals surface area contributed by atoms with E-state index in [9.17, 15) is 8.76 Å². The van der Waals surface area contributed by atoms with Crippen LogP contribution >= 0.6 is 0 Å². The molecule has 0 aliphatic rings. The lowest BCUT2D eigenvalue weighted by Crippen LogP contribution is -2.19. The molecule has 5 nitrogen and oxygen atoms in total. The van der Waals surface area contributed by atoms with Gasteiger partial charge < -0.3 is 9.80 Å². The van der Waals surface area contributed by atoms with Crippen molar-refractivity contribution in [2.24, 2.45) is 0 Å². The molecule has 6 heteroatoms. The maximum Gasteiger partial charge on any atom is 0.266 e. The van der Waals surface area contributed by atoms with Crippen LogP contribution in [0.5, 0.6) is 0 Å². The lowest BCUT2D eigenvalue weighted by atomic mass is 10.2. The molecule has 1 atom stereocenters. The van der Waals surface area contributed by atoms with E-state index in [1.165, 1.54) is 4.31 Å². The fourth-order valence-electron chi connectivity index (χ4n) is 2.10. The van der Waals surface area contributed by atoms with Crippen molar-refractivity contribution in [2.75, 3.05) is 42.3 Å². The van der Waals surface area contributed by atoms with Gasteiger partial charge in [-0.2, -0.15) is 0 Å². The molecule has 0 bridgehead atoms. The summed E-state index contributed by atoms with van der Waals surface area (Å²) in [4.78, 5) is 3.96. The predicted octanol–water partition coefficient (Wildman–Crippen LogP) is 3.09. The summed E-state index contributed by atoms with van der Waals surface area (Å²) < 4.78 is 22.8. The van der Waals surface area contributed by atoms with Crippen molar-refractivity contribution in [3.8, 4) is 0 Å². The molecule has 0 aliphatic carbocycles. The zero-order valence-corrected chi connectivity index (χ0v) is 14.0. The van der Waals surface area contributed by atoms with Crippen LogP contribution in [0.15, 0.2) is 48.5 Å². The van der Waals surface area contributed by atoms with Crippen LogP contribution in [0.2, 0.25) is 0 Å². The van der Waals surface area contributed by atoms with Gasteiger partial charge in [0.15, 0.2) is 0 Å². The van der Waals surface area contributed by atoms with Crippen molar-refractivity contribution < 1.29 is 8.76 Å². The summed E-state index contributed by atoms with van der Waals surface area (Å²) in [6.45, 7) is 0. The van der Waals surface area contributed by atoms with Crippen LogP contribution in [-0.2, 0) is 11.3 Å². The van der Waals surface area contributed by atoms with Crippen molar-refractivity contribution in [1.29, 1.82) is 0 Å². The van der Waals surface area contributed by atoms with Crippen LogP contribution in [0, 0.1) is 0 Å². The minimum absolute atomic E-state index is 0.670. The summed E-state index contributed by atoms with van der Waals surface area (Å²) in [6.07, 6.45) is 0. The minimum atomic E-state index is -2.13. The van der Waals surface area contributed by atoms with Crippen LogP contribution in [0.3, 0.4) is 0 Å². The van der Waals surface area contributed by atoms with E-state index < -0.39 is 11.3 Å². The van der Waals surface area contributed by atoms with Gasteiger partial charge in [-0.1, -0.05) is 0 Å². The third-order valence-electron chi connectivity index (χ3n) is 3.36. The van der Waals surface area contributed by atoms with Crippen LogP contribution in [0.4, 0.5) is 22.7 Å². The SMILES string of the molecule is CN(C)c1ccc(N(c2ccc(N(C)C)cc2)S(=O)O)cc1. The molecule has 0 aliphatic heterocycles. The zero-order chi connectivity index (χ0) is 16.3. The van der Waals surface area contributed by atoms with Crippen LogP contribution in [-0.4, -0.2) is 37.0 Å². The summed E-state index contributed by atoms with van der Waals surface area (Å²) in [5, 5.41) is 0. The smallest absolute Gasteiger partial charge is 0.266 e. The number of benzene rings is 2. The quantitative estimate of drug-likeness (QED) is 0.860. The summed E-state index contributed by atoms with van der Waals surface area (Å²) >= 11 is -2.13. The van der Waals surface area contributed by atoms with Crippen molar-refractivity contribution >= 4 is 34.0 Å². The Morgan fingerprint density at radius 2 is 0.955 bits per heavy atom. The molecule has 1 N–H and O–H groups in total. The van der Waals surface area contributed by atoms with Gasteiger partial charge in [-0.3, -0.25) is 4.55 Å². The van der Waals surface area contributed by atoms with Gasteiger partial charge in [-0.25, -0.2) is 8.51 Å². The summed E-state index contributed by atoms with van der Waals surface area (Å²) in [5.74, 6) is 0. The minimum Gasteiger partial charge on any atom is -0.378 e. The van der Waals surface area contributed by atoms with Crippen LogP contribution in [0.25, 0.3) is 0 Å². The predicted molar refractivity (Wildman–Crippen MR) is 94.4 cm³/mol. The molecule has 0 heterocycles. The number of anilines is 4. The highest BCUT2D eigenvalue weighted by Crippen LogP contribution is 2.29. The molecular formula is C16H21N3O2S. The second-order valence-corrected chi connectivity index (χ2v) is 6.17. The molecule has 1 unspecified atom stereocenters. The van der Waals surface area contributed by atoms with Gasteiger partial charge in [-0.05, 0) is 48.5 Å². The monoisotopic (exact) mass is 319 g/mol. The van der Waals surface area contributed by atoms with Gasteiger partial charge in [0.25, 0.3) is 11.3 Å². The number of rotatable bonds is 5. The number of hydrogen-bond donors (Lipinski definition) is 1. The topological polar surface area (TPSA) is 47.0 Å². The Balaban J connectivity index is 2.35. The van der Waals surface area contributed by atoms with Crippen LogP contribution < -0.4 is 14.1 Å². The largest absolute Gasteiger partial charge is 0.378 e. The van der Waals surface area contributed by atoms with E-state index in [0.717, 1.165) is 11.4 Å². The molecule has 0 aromatic heterocycles. The van der Waals surface area contributed by atoms with Gasteiger partial charge in [0.2, 0.25) is 0 Å². The van der Waals surface area contributed by atoms with Crippen molar-refractivity contribution in [3.63, 3.8) is 0 Å². The first-order valence-electron chi connectivity index (χ1n) is 6.86. The van der Waals surface area contributed by atoms with E-state index in [2.05, 4.69) is 0 Å². The summed E-state index contributed by atoms with van der Waals surface area (Å²) in [7, 11) is 7.82. The Hall–Kier alpha value is -2.05. The van der Waals surface area contributed by atoms with Crippen LogP contribution in [0.1, 0.15) is 0 Å². The molecule has 0 spiro atoms. The summed E-state index contributed by atoms with van der Waals surface area (Å²) in [6, 6.07) is 15.0. The van der Waals surface area contributed by atoms with Gasteiger partial charge >= 0.3 is 0 Å². The molecule has 2 aromatic carbocycles. The molecule has 0 fully saturated rings. The molecule has 0 amide bonds. The highest BCUT2D eigenvalue weighted by Gasteiger charge is 2.15. The third-order valence-corrected chi connectivity index (χ3v) is 4.09. The first-order valence-corrected chi connectivity index (χ1v) is 7.92. The summed E-state index contributed by atoms with van der Waals surface area (Å²) in [5.41, 5.74) is 3.42. The second kappa shape index (κ2) is 6.81. The molecule has 2 aromatic rings. The van der Waals surface area contributed by atoms with E-state index in [0.29, 0.717) is 11.4 Å². The number of nitrogens with zero attached hydrogens (tertiary/aromatic N) is 3. The van der Waals surface area contributed by atoms with E-state index in [1.54, 1.807) is 0 Å². The average Bonchev–Trinajstić information content (AvgIpc) is 2.48. The Kier molecular flexibility index (Phi) is 5.05. The molecular weight excluding hydrogens is 298 g/mol. The Morgan fingerprint density at radius 1 is 0.682 bits per heavy atom. The molecule has 2 rings (SSSR count). The first-order chi connectivity index (χ1) is 10.4. The normalized spacial score (nSPS) is 11.9. The highest BCUT2D eigenvalue weighted by atomic mass is 32.2. The molecule has 0 saturated carbocycles. The Morgan fingerprint density at radius 3 is 1.18 bits per heavy atom. The number of hydrogen-bond acceptors (Lipinski definition) is 3. The first kappa shape index (κ1) is 16.3. The standard InChI is InChI=1S/C16H21N3O2S/c1-17(2)13-5-9-15(10-6-13)19(22(20)21)16-11-7-14(8-12-16)18(3)4/h5-12H,1-4H3,(H,20,21). The fraction of sp³-hybridized carbons (Fsp3) is 0.250. The van der Waals surface area contributed by atoms with Crippen molar-refractivity contribution in [1.82, 2.24) is 0 Å². The maximum absolute atomic E-state index is 11.8. The van der Waals surface area contributed by atoms with Gasteiger partial charge in [0.05, 0.1) is 11.4 Å². The lowest BCUT2D eigenvalue weighted by molar-refractivity contribution is 0.564. The van der Waals surface area contributed by atoms with E-state index >= 15 is 0 Å². The fourth-order valence-corrected chi connectivity index (χ4v) is 2.71. The Bertz CT molecular complexity index is 588. The average molecular weight is 319 g/mol. The molecule has 22 heavy (non-hydrogen) atoms. The second-order valence-electron chi connectivity index (χ2n) is 5.35. The molecule has 0 saturated heterocycles. The lowest BCUT2D eigenvalue weighted by Gasteiger charge is -2.22. The third kappa shape index (κ3) is 3.58. The van der Waals surface area contributed by atoms with E-state index in [4.69, 9.17) is 0 Å². The van der Waals surface area contributed by atoms with Crippen molar-refractivity contribution in [2.45, 2.75) is 0 Å². The molecule has 0 radical (unpaired) electrons. The van der Waals surface area contributed by atoms with Gasteiger partial charge in [0.1, 0.15) is 0 Å². The van der Waals surface area contributed by atoms with E-state index in [-0.39, 0.29) is 0 Å². The van der Waals surface area contributed by atoms with E-state index in [1.807, 2.05) is 86.5 Å².